The van der Waals surface area contributed by atoms with Crippen molar-refractivity contribution in [2.75, 3.05) is 18.5 Å². The van der Waals surface area contributed by atoms with Crippen molar-refractivity contribution in [1.82, 2.24) is 9.78 Å². The number of hydrogen-bond donors (Lipinski definition) is 0. The Hall–Kier alpha value is -1.91. The van der Waals surface area contributed by atoms with Gasteiger partial charge in [-0.05, 0) is 36.1 Å². The van der Waals surface area contributed by atoms with Crippen molar-refractivity contribution < 1.29 is 8.78 Å². The highest BCUT2D eigenvalue weighted by Crippen LogP contribution is 2.38. The van der Waals surface area contributed by atoms with E-state index in [1.165, 1.54) is 25.7 Å². The van der Waals surface area contributed by atoms with E-state index in [2.05, 4.69) is 23.8 Å². The van der Waals surface area contributed by atoms with Crippen molar-refractivity contribution in [2.45, 2.75) is 58.8 Å². The minimum atomic E-state index is -2.48. The summed E-state index contributed by atoms with van der Waals surface area (Å²) >= 11 is 0. The summed E-state index contributed by atoms with van der Waals surface area (Å²) in [4.78, 5) is 2.05. The van der Waals surface area contributed by atoms with Gasteiger partial charge in [-0.15, -0.1) is 0 Å². The lowest BCUT2D eigenvalue weighted by atomic mass is 9.93. The predicted octanol–water partition coefficient (Wildman–Crippen LogP) is 5.99. The third-order valence-electron chi connectivity index (χ3n) is 4.81. The minimum Gasteiger partial charge on any atom is -0.374 e. The molecule has 0 N–H and O–H groups in total. The summed E-state index contributed by atoms with van der Waals surface area (Å²) in [6.07, 6.45) is 8.47. The second-order valence-electron chi connectivity index (χ2n) is 7.00. The number of nitrogens with zero attached hydrogens (tertiary/aromatic N) is 3. The SMILES string of the molecule is CCCCCC.CN1CCCc2cc(-c3cnn(C)c3)c(C(F)F)cc21. The molecule has 1 aromatic heterocycles. The van der Waals surface area contributed by atoms with Crippen LogP contribution in [0.25, 0.3) is 11.1 Å². The molecule has 0 fully saturated rings. The van der Waals surface area contributed by atoms with Crippen LogP contribution in [-0.2, 0) is 13.5 Å². The molecule has 0 radical (unpaired) electrons. The molecule has 1 aliphatic heterocycles. The Bertz CT molecular complexity index is 691. The van der Waals surface area contributed by atoms with Crippen molar-refractivity contribution in [2.24, 2.45) is 7.05 Å². The van der Waals surface area contributed by atoms with Crippen LogP contribution in [-0.4, -0.2) is 23.4 Å². The maximum absolute atomic E-state index is 13.4. The molecule has 0 saturated carbocycles. The van der Waals surface area contributed by atoms with Crippen LogP contribution >= 0.6 is 0 Å². The van der Waals surface area contributed by atoms with Gasteiger partial charge in [0.2, 0.25) is 0 Å². The van der Waals surface area contributed by atoms with Crippen molar-refractivity contribution in [1.29, 1.82) is 0 Å². The summed E-state index contributed by atoms with van der Waals surface area (Å²) in [5, 5.41) is 4.08. The number of fused-ring (bicyclic) bond motifs is 1. The zero-order chi connectivity index (χ0) is 19.1. The quantitative estimate of drug-likeness (QED) is 0.608. The molecule has 0 atom stereocenters. The largest absolute Gasteiger partial charge is 0.374 e. The van der Waals surface area contributed by atoms with Gasteiger partial charge in [0.15, 0.2) is 0 Å². The van der Waals surface area contributed by atoms with Crippen molar-refractivity contribution in [3.05, 3.63) is 35.7 Å². The Kier molecular flexibility index (Phi) is 7.61. The third kappa shape index (κ3) is 5.05. The summed E-state index contributed by atoms with van der Waals surface area (Å²) in [6.45, 7) is 5.38. The Morgan fingerprint density at radius 2 is 1.81 bits per heavy atom. The molecule has 0 bridgehead atoms. The maximum atomic E-state index is 13.4. The predicted molar refractivity (Wildman–Crippen MR) is 105 cm³/mol. The minimum absolute atomic E-state index is 0.0884. The molecule has 0 spiro atoms. The third-order valence-corrected chi connectivity index (χ3v) is 4.81. The van der Waals surface area contributed by atoms with E-state index in [1.807, 2.05) is 13.1 Å². The Balaban J connectivity index is 0.000000352. The fraction of sp³-hybridized carbons (Fsp3) is 0.571. The highest BCUT2D eigenvalue weighted by Gasteiger charge is 2.22. The molecule has 0 aliphatic carbocycles. The standard InChI is InChI=1S/C15H17F2N3.C6H14/c1-19-5-3-4-10-6-12(11-8-18-20(2)9-11)13(15(16)17)7-14(10)19;1-3-5-6-4-2/h6-9,15H,3-5H2,1-2H3;3-6H2,1-2H3. The van der Waals surface area contributed by atoms with Crippen molar-refractivity contribution in [3.63, 3.8) is 0 Å². The highest BCUT2D eigenvalue weighted by atomic mass is 19.3. The van der Waals surface area contributed by atoms with Crippen molar-refractivity contribution >= 4 is 5.69 Å². The van der Waals surface area contributed by atoms with Gasteiger partial charge in [-0.3, -0.25) is 4.68 Å². The van der Waals surface area contributed by atoms with Crippen LogP contribution in [0.4, 0.5) is 14.5 Å². The van der Waals surface area contributed by atoms with E-state index in [0.29, 0.717) is 5.56 Å². The zero-order valence-corrected chi connectivity index (χ0v) is 16.4. The van der Waals surface area contributed by atoms with Gasteiger partial charge in [0.05, 0.1) is 6.20 Å². The second-order valence-corrected chi connectivity index (χ2v) is 7.00. The zero-order valence-electron chi connectivity index (χ0n) is 16.4. The number of aromatic nitrogens is 2. The normalized spacial score (nSPS) is 13.4. The first-order valence-electron chi connectivity index (χ1n) is 9.63. The maximum Gasteiger partial charge on any atom is 0.264 e. The fourth-order valence-electron chi connectivity index (χ4n) is 3.32. The average molecular weight is 363 g/mol. The molecule has 3 rings (SSSR count). The monoisotopic (exact) mass is 363 g/mol. The highest BCUT2D eigenvalue weighted by molar-refractivity contribution is 5.73. The number of rotatable bonds is 5. The van der Waals surface area contributed by atoms with Crippen LogP contribution in [0.3, 0.4) is 0 Å². The van der Waals surface area contributed by atoms with Gasteiger partial charge < -0.3 is 4.90 Å². The topological polar surface area (TPSA) is 21.1 Å². The average Bonchev–Trinajstić information content (AvgIpc) is 3.06. The first-order valence-corrected chi connectivity index (χ1v) is 9.63. The van der Waals surface area contributed by atoms with E-state index in [9.17, 15) is 8.78 Å². The lowest BCUT2D eigenvalue weighted by molar-refractivity contribution is 0.152. The summed E-state index contributed by atoms with van der Waals surface area (Å²) in [5.74, 6) is 0. The molecular weight excluding hydrogens is 332 g/mol. The molecule has 3 nitrogen and oxygen atoms in total. The molecule has 0 saturated heterocycles. The lowest BCUT2D eigenvalue weighted by Crippen LogP contribution is -2.25. The summed E-state index contributed by atoms with van der Waals surface area (Å²) < 4.78 is 28.4. The van der Waals surface area contributed by atoms with E-state index in [-0.39, 0.29) is 5.56 Å². The summed E-state index contributed by atoms with van der Waals surface area (Å²) in [7, 11) is 3.74. The van der Waals surface area contributed by atoms with Gasteiger partial charge in [0.25, 0.3) is 6.43 Å². The first-order chi connectivity index (χ1) is 12.5. The van der Waals surface area contributed by atoms with Gasteiger partial charge in [-0.2, -0.15) is 5.10 Å². The van der Waals surface area contributed by atoms with Gasteiger partial charge in [0.1, 0.15) is 0 Å². The molecule has 5 heteroatoms. The van der Waals surface area contributed by atoms with Crippen LogP contribution < -0.4 is 4.90 Å². The van der Waals surface area contributed by atoms with Crippen LogP contribution in [0.15, 0.2) is 24.5 Å². The van der Waals surface area contributed by atoms with Gasteiger partial charge in [0, 0.05) is 43.7 Å². The van der Waals surface area contributed by atoms with Crippen LogP contribution in [0.1, 0.15) is 63.5 Å². The van der Waals surface area contributed by atoms with E-state index < -0.39 is 6.43 Å². The number of alkyl halides is 2. The number of unbranched alkanes of at least 4 members (excludes halogenated alkanes) is 3. The Morgan fingerprint density at radius 1 is 1.12 bits per heavy atom. The van der Waals surface area contributed by atoms with Crippen molar-refractivity contribution in [3.8, 4) is 11.1 Å². The Morgan fingerprint density at radius 3 is 2.35 bits per heavy atom. The van der Waals surface area contributed by atoms with E-state index in [1.54, 1.807) is 30.2 Å². The van der Waals surface area contributed by atoms with Crippen LogP contribution in [0.2, 0.25) is 0 Å². The van der Waals surface area contributed by atoms with Gasteiger partial charge in [-0.1, -0.05) is 39.5 Å². The molecular formula is C21H31F2N3. The molecule has 2 aromatic rings. The summed E-state index contributed by atoms with van der Waals surface area (Å²) in [6, 6.07) is 3.55. The van der Waals surface area contributed by atoms with Gasteiger partial charge >= 0.3 is 0 Å². The lowest BCUT2D eigenvalue weighted by Gasteiger charge is -2.29. The molecule has 2 heterocycles. The summed E-state index contributed by atoms with van der Waals surface area (Å²) in [5.41, 5.74) is 3.51. The van der Waals surface area contributed by atoms with Crippen LogP contribution in [0, 0.1) is 0 Å². The number of hydrogen-bond acceptors (Lipinski definition) is 2. The van der Waals surface area contributed by atoms with E-state index in [0.717, 1.165) is 36.2 Å². The molecule has 1 aliphatic rings. The number of anilines is 1. The van der Waals surface area contributed by atoms with E-state index in [4.69, 9.17) is 0 Å². The second kappa shape index (κ2) is 9.70. The molecule has 144 valence electrons. The fourth-order valence-corrected chi connectivity index (χ4v) is 3.32. The molecule has 1 aromatic carbocycles. The number of halogens is 2. The molecule has 26 heavy (non-hydrogen) atoms. The van der Waals surface area contributed by atoms with Gasteiger partial charge in [-0.25, -0.2) is 8.78 Å². The number of aryl methyl sites for hydroxylation is 2. The smallest absolute Gasteiger partial charge is 0.264 e. The first kappa shape index (κ1) is 20.4. The van der Waals surface area contributed by atoms with Crippen LogP contribution in [0.5, 0.6) is 0 Å². The number of benzene rings is 1. The Labute approximate surface area is 156 Å². The van der Waals surface area contributed by atoms with E-state index >= 15 is 0 Å². The molecule has 0 amide bonds. The molecule has 0 unspecified atom stereocenters.